The molecule has 0 aliphatic heterocycles. The first-order valence-corrected chi connectivity index (χ1v) is 10.7. The van der Waals surface area contributed by atoms with Gasteiger partial charge in [0.05, 0.1) is 17.3 Å². The predicted octanol–water partition coefficient (Wildman–Crippen LogP) is 4.08. The van der Waals surface area contributed by atoms with Gasteiger partial charge in [-0.1, -0.05) is 13.3 Å². The van der Waals surface area contributed by atoms with Crippen LogP contribution in [0.2, 0.25) is 0 Å². The van der Waals surface area contributed by atoms with E-state index >= 15 is 0 Å². The number of nitrogens with one attached hydrogen (secondary N) is 1. The fourth-order valence-corrected chi connectivity index (χ4v) is 4.01. The largest absolute Gasteiger partial charge is 0.387 e. The van der Waals surface area contributed by atoms with Crippen molar-refractivity contribution in [2.75, 3.05) is 5.32 Å². The lowest BCUT2D eigenvalue weighted by Crippen LogP contribution is -2.18. The second-order valence-electron chi connectivity index (χ2n) is 8.42. The van der Waals surface area contributed by atoms with Gasteiger partial charge in [0.15, 0.2) is 5.65 Å². The monoisotopic (exact) mass is 452 g/mol. The summed E-state index contributed by atoms with van der Waals surface area (Å²) in [6.45, 7) is 3.95. The number of nitrogens with zero attached hydrogens (tertiary/aromatic N) is 5. The number of alkyl halides is 2. The number of hydrogen-bond donors (Lipinski definition) is 2. The number of halogens is 2. The van der Waals surface area contributed by atoms with Crippen molar-refractivity contribution in [1.29, 1.82) is 0 Å². The topological polar surface area (TPSA) is 105 Å². The van der Waals surface area contributed by atoms with Gasteiger partial charge in [0, 0.05) is 41.4 Å². The number of carbonyl (C=O) groups excluding carboxylic acids is 1. The molecule has 0 saturated heterocycles. The van der Waals surface area contributed by atoms with Gasteiger partial charge in [-0.3, -0.25) is 9.78 Å². The lowest BCUT2D eigenvalue weighted by Gasteiger charge is -2.14. The van der Waals surface area contributed by atoms with Crippen LogP contribution in [0, 0.1) is 12.8 Å². The molecule has 1 aliphatic carbocycles. The smallest absolute Gasteiger partial charge is 0.260 e. The highest BCUT2D eigenvalue weighted by molar-refractivity contribution is 5.97. The summed E-state index contributed by atoms with van der Waals surface area (Å²) in [5.41, 5.74) is 4.39. The normalized spacial score (nSPS) is 17.9. The Labute approximate surface area is 187 Å². The van der Waals surface area contributed by atoms with Gasteiger partial charge in [0.1, 0.15) is 18.1 Å². The molecule has 4 aromatic heterocycles. The summed E-state index contributed by atoms with van der Waals surface area (Å²) in [6.07, 6.45) is 5.14. The maximum absolute atomic E-state index is 13.2. The molecule has 1 saturated carbocycles. The first-order valence-electron chi connectivity index (χ1n) is 10.7. The lowest BCUT2D eigenvalue weighted by molar-refractivity contribution is -0.119. The molecule has 8 nitrogen and oxygen atoms in total. The molecule has 1 amide bonds. The zero-order chi connectivity index (χ0) is 23.3. The summed E-state index contributed by atoms with van der Waals surface area (Å²) in [4.78, 5) is 25.1. The fraction of sp³-hybridized carbons (Fsp3) is 0.348. The number of aliphatic hydroxyl groups excluding tert-OH is 1. The molecule has 1 fully saturated rings. The van der Waals surface area contributed by atoms with Crippen LogP contribution in [0.3, 0.4) is 0 Å². The molecular weight excluding hydrogens is 430 g/mol. The average Bonchev–Trinajstić information content (AvgIpc) is 3.18. The summed E-state index contributed by atoms with van der Waals surface area (Å²) >= 11 is 0. The Kier molecular flexibility index (Phi) is 5.04. The Bertz CT molecular complexity index is 1390. The Balaban J connectivity index is 1.54. The van der Waals surface area contributed by atoms with Gasteiger partial charge in [0.2, 0.25) is 5.91 Å². The summed E-state index contributed by atoms with van der Waals surface area (Å²) < 4.78 is 28.0. The number of pyridine rings is 3. The third-order valence-corrected chi connectivity index (χ3v) is 5.95. The number of rotatable bonds is 6. The standard InChI is InChI=1S/C23H22F2N6O2/c1-3-4-19(32)17-5-12(2)15(10-26-17)14-6-13-9-27-20(30-22(33)16-8-23(16,24)25)7-18(13)31-21(14)28-11-29-31/h5-7,9-11,16,19,32H,3-4,8H2,1-2H3,(H,27,30,33). The molecular formula is C23H22F2N6O2. The van der Waals surface area contributed by atoms with Crippen LogP contribution in [0.25, 0.3) is 27.7 Å². The van der Waals surface area contributed by atoms with Gasteiger partial charge < -0.3 is 10.4 Å². The van der Waals surface area contributed by atoms with Gasteiger partial charge in [-0.05, 0) is 31.0 Å². The van der Waals surface area contributed by atoms with Crippen LogP contribution < -0.4 is 5.32 Å². The molecule has 1 aliphatic rings. The number of aryl methyl sites for hydroxylation is 1. The number of amides is 1. The molecule has 4 heterocycles. The molecule has 10 heteroatoms. The molecule has 0 bridgehead atoms. The van der Waals surface area contributed by atoms with Crippen LogP contribution in [0.4, 0.5) is 14.6 Å². The summed E-state index contributed by atoms with van der Waals surface area (Å²) in [5.74, 6) is -4.82. The quantitative estimate of drug-likeness (QED) is 0.457. The number of hydrogen-bond acceptors (Lipinski definition) is 6. The second kappa shape index (κ2) is 7.80. The minimum atomic E-state index is -2.94. The van der Waals surface area contributed by atoms with Gasteiger partial charge in [-0.2, -0.15) is 5.10 Å². The van der Waals surface area contributed by atoms with Crippen molar-refractivity contribution in [2.45, 2.75) is 45.1 Å². The van der Waals surface area contributed by atoms with Crippen molar-refractivity contribution in [2.24, 2.45) is 5.92 Å². The van der Waals surface area contributed by atoms with E-state index in [1.54, 1.807) is 23.0 Å². The van der Waals surface area contributed by atoms with E-state index in [0.29, 0.717) is 23.3 Å². The highest BCUT2D eigenvalue weighted by Gasteiger charge is 2.61. The Morgan fingerprint density at radius 1 is 1.24 bits per heavy atom. The molecule has 170 valence electrons. The third kappa shape index (κ3) is 3.80. The average molecular weight is 452 g/mol. The van der Waals surface area contributed by atoms with Crippen LogP contribution in [-0.2, 0) is 4.79 Å². The predicted molar refractivity (Wildman–Crippen MR) is 118 cm³/mol. The Hall–Kier alpha value is -3.53. The number of aliphatic hydroxyl groups is 1. The maximum Gasteiger partial charge on any atom is 0.260 e. The van der Waals surface area contributed by atoms with Crippen molar-refractivity contribution in [3.8, 4) is 11.1 Å². The first kappa shape index (κ1) is 21.3. The van der Waals surface area contributed by atoms with Gasteiger partial charge in [-0.15, -0.1) is 0 Å². The Morgan fingerprint density at radius 2 is 2.03 bits per heavy atom. The van der Waals surface area contributed by atoms with E-state index in [-0.39, 0.29) is 5.82 Å². The highest BCUT2D eigenvalue weighted by atomic mass is 19.3. The SMILES string of the molecule is CCCC(O)c1cc(C)c(-c2cc3cnc(NC(=O)C4CC4(F)F)cc3n3ncnc23)cn1. The molecule has 0 spiro atoms. The van der Waals surface area contributed by atoms with E-state index in [1.807, 2.05) is 26.0 Å². The van der Waals surface area contributed by atoms with E-state index in [0.717, 1.165) is 28.5 Å². The van der Waals surface area contributed by atoms with Crippen molar-refractivity contribution in [3.63, 3.8) is 0 Å². The summed E-state index contributed by atoms with van der Waals surface area (Å²) in [7, 11) is 0. The highest BCUT2D eigenvalue weighted by Crippen LogP contribution is 2.49. The Morgan fingerprint density at radius 3 is 2.73 bits per heavy atom. The van der Waals surface area contributed by atoms with Crippen LogP contribution in [-0.4, -0.2) is 41.5 Å². The molecule has 0 aromatic carbocycles. The summed E-state index contributed by atoms with van der Waals surface area (Å²) in [6, 6.07) is 5.37. The van der Waals surface area contributed by atoms with Crippen molar-refractivity contribution in [3.05, 3.63) is 48.2 Å². The van der Waals surface area contributed by atoms with E-state index in [1.165, 1.54) is 6.33 Å². The van der Waals surface area contributed by atoms with E-state index < -0.39 is 30.3 Å². The zero-order valence-electron chi connectivity index (χ0n) is 18.1. The molecule has 2 unspecified atom stereocenters. The van der Waals surface area contributed by atoms with Crippen LogP contribution in [0.1, 0.15) is 43.5 Å². The van der Waals surface area contributed by atoms with Crippen LogP contribution in [0.5, 0.6) is 0 Å². The molecule has 4 aromatic rings. The van der Waals surface area contributed by atoms with Gasteiger partial charge >= 0.3 is 0 Å². The van der Waals surface area contributed by atoms with Crippen molar-refractivity contribution < 1.29 is 18.7 Å². The van der Waals surface area contributed by atoms with Crippen LogP contribution in [0.15, 0.2) is 36.9 Å². The fourth-order valence-electron chi connectivity index (χ4n) is 4.01. The van der Waals surface area contributed by atoms with E-state index in [2.05, 4.69) is 25.4 Å². The number of fused-ring (bicyclic) bond motifs is 3. The number of aromatic nitrogens is 5. The summed E-state index contributed by atoms with van der Waals surface area (Å²) in [5, 5.41) is 17.8. The molecule has 5 rings (SSSR count). The minimum absolute atomic E-state index is 0.173. The molecule has 0 radical (unpaired) electrons. The first-order chi connectivity index (χ1) is 15.8. The maximum atomic E-state index is 13.2. The van der Waals surface area contributed by atoms with E-state index in [9.17, 15) is 18.7 Å². The van der Waals surface area contributed by atoms with Crippen molar-refractivity contribution in [1.82, 2.24) is 24.6 Å². The van der Waals surface area contributed by atoms with E-state index in [4.69, 9.17) is 0 Å². The third-order valence-electron chi connectivity index (χ3n) is 5.95. The minimum Gasteiger partial charge on any atom is -0.387 e. The van der Waals surface area contributed by atoms with Gasteiger partial charge in [-0.25, -0.2) is 23.3 Å². The lowest BCUT2D eigenvalue weighted by atomic mass is 10.00. The molecule has 2 N–H and O–H groups in total. The number of anilines is 1. The molecule has 2 atom stereocenters. The molecule has 33 heavy (non-hydrogen) atoms. The zero-order valence-corrected chi connectivity index (χ0v) is 18.1. The second-order valence-corrected chi connectivity index (χ2v) is 8.42. The number of carbonyl (C=O) groups is 1. The van der Waals surface area contributed by atoms with Crippen molar-refractivity contribution >= 4 is 28.3 Å². The van der Waals surface area contributed by atoms with Crippen LogP contribution >= 0.6 is 0 Å². The van der Waals surface area contributed by atoms with Gasteiger partial charge in [0.25, 0.3) is 5.92 Å².